The number of alkyl halides is 1. The maximum Gasteiger partial charge on any atom is 0.238 e. The van der Waals surface area contributed by atoms with E-state index in [9.17, 15) is 4.79 Å². The van der Waals surface area contributed by atoms with Crippen molar-refractivity contribution in [3.8, 4) is 0 Å². The Morgan fingerprint density at radius 3 is 2.27 bits per heavy atom. The van der Waals surface area contributed by atoms with Gasteiger partial charge in [-0.3, -0.25) is 4.79 Å². The Labute approximate surface area is 99.2 Å². The van der Waals surface area contributed by atoms with Crippen LogP contribution >= 0.6 is 15.9 Å². The van der Waals surface area contributed by atoms with Crippen LogP contribution in [-0.2, 0) is 4.79 Å². The van der Waals surface area contributed by atoms with E-state index in [0.29, 0.717) is 0 Å². The summed E-state index contributed by atoms with van der Waals surface area (Å²) in [6.45, 7) is 5.90. The van der Waals surface area contributed by atoms with Crippen LogP contribution in [0.2, 0.25) is 0 Å². The molecule has 1 atom stereocenters. The first-order chi connectivity index (χ1) is 6.90. The summed E-state index contributed by atoms with van der Waals surface area (Å²) in [6, 6.07) is 9.65. The van der Waals surface area contributed by atoms with Crippen LogP contribution in [0.1, 0.15) is 31.2 Å². The molecule has 15 heavy (non-hydrogen) atoms. The first-order valence-corrected chi connectivity index (χ1v) is 5.83. The highest BCUT2D eigenvalue weighted by Crippen LogP contribution is 2.23. The second kappa shape index (κ2) is 4.79. The molecule has 2 nitrogen and oxygen atoms in total. The van der Waals surface area contributed by atoms with E-state index >= 15 is 0 Å². The zero-order valence-corrected chi connectivity index (χ0v) is 10.8. The highest BCUT2D eigenvalue weighted by atomic mass is 79.9. The predicted octanol–water partition coefficient (Wildman–Crippen LogP) is 3.04. The lowest BCUT2D eigenvalue weighted by molar-refractivity contribution is -0.121. The van der Waals surface area contributed by atoms with Crippen LogP contribution in [-0.4, -0.2) is 11.4 Å². The van der Waals surface area contributed by atoms with Crippen LogP contribution in [0, 0.1) is 0 Å². The summed E-state index contributed by atoms with van der Waals surface area (Å²) in [5, 5.41) is 2.93. The van der Waals surface area contributed by atoms with Gasteiger partial charge < -0.3 is 5.32 Å². The van der Waals surface area contributed by atoms with Gasteiger partial charge in [0, 0.05) is 5.54 Å². The molecule has 0 radical (unpaired) electrons. The molecule has 1 N–H and O–H groups in total. The molecule has 0 aliphatic heterocycles. The molecule has 82 valence electrons. The van der Waals surface area contributed by atoms with Crippen molar-refractivity contribution < 1.29 is 4.79 Å². The number of hydrogen-bond donors (Lipinski definition) is 1. The van der Waals surface area contributed by atoms with E-state index < -0.39 is 0 Å². The minimum absolute atomic E-state index is 0.00583. The second-order valence-electron chi connectivity index (χ2n) is 4.51. The summed E-state index contributed by atoms with van der Waals surface area (Å²) in [4.78, 5) is 11.5. The number of rotatable bonds is 2. The molecule has 3 heteroatoms. The molecule has 1 rings (SSSR count). The van der Waals surface area contributed by atoms with Gasteiger partial charge in [-0.2, -0.15) is 0 Å². The molecule has 0 aromatic heterocycles. The largest absolute Gasteiger partial charge is 0.350 e. The van der Waals surface area contributed by atoms with Gasteiger partial charge in [-0.15, -0.1) is 0 Å². The van der Waals surface area contributed by atoms with Crippen LogP contribution in [0.3, 0.4) is 0 Å². The van der Waals surface area contributed by atoms with Gasteiger partial charge in [0.2, 0.25) is 5.91 Å². The maximum absolute atomic E-state index is 11.8. The van der Waals surface area contributed by atoms with E-state index in [-0.39, 0.29) is 16.3 Å². The number of nitrogens with one attached hydrogen (secondary N) is 1. The van der Waals surface area contributed by atoms with Gasteiger partial charge >= 0.3 is 0 Å². The van der Waals surface area contributed by atoms with Crippen LogP contribution in [0.15, 0.2) is 30.3 Å². The molecule has 0 fully saturated rings. The number of hydrogen-bond acceptors (Lipinski definition) is 1. The number of halogens is 1. The maximum atomic E-state index is 11.8. The number of carbonyl (C=O) groups is 1. The highest BCUT2D eigenvalue weighted by Gasteiger charge is 2.21. The average molecular weight is 270 g/mol. The Bertz CT molecular complexity index is 329. The molecular weight excluding hydrogens is 254 g/mol. The highest BCUT2D eigenvalue weighted by molar-refractivity contribution is 9.09. The third-order valence-electron chi connectivity index (χ3n) is 1.82. The lowest BCUT2D eigenvalue weighted by Crippen LogP contribution is -2.42. The van der Waals surface area contributed by atoms with Gasteiger partial charge in [-0.25, -0.2) is 0 Å². The van der Waals surface area contributed by atoms with Crippen molar-refractivity contribution in [3.63, 3.8) is 0 Å². The Balaban J connectivity index is 2.70. The Morgan fingerprint density at radius 2 is 1.80 bits per heavy atom. The van der Waals surface area contributed by atoms with Crippen molar-refractivity contribution in [3.05, 3.63) is 35.9 Å². The van der Waals surface area contributed by atoms with Gasteiger partial charge in [0.05, 0.1) is 0 Å². The smallest absolute Gasteiger partial charge is 0.238 e. The van der Waals surface area contributed by atoms with E-state index in [0.717, 1.165) is 5.56 Å². The van der Waals surface area contributed by atoms with Gasteiger partial charge in [0.25, 0.3) is 0 Å². The summed E-state index contributed by atoms with van der Waals surface area (Å²) in [7, 11) is 0. The minimum atomic E-state index is -0.280. The van der Waals surface area contributed by atoms with Crippen molar-refractivity contribution >= 4 is 21.8 Å². The number of benzene rings is 1. The van der Waals surface area contributed by atoms with Crippen molar-refractivity contribution in [2.45, 2.75) is 31.1 Å². The Kier molecular flexibility index (Phi) is 3.91. The van der Waals surface area contributed by atoms with Crippen molar-refractivity contribution in [1.29, 1.82) is 0 Å². The molecule has 0 aliphatic carbocycles. The molecule has 1 amide bonds. The first kappa shape index (κ1) is 12.2. The monoisotopic (exact) mass is 269 g/mol. The molecule has 1 aromatic rings. The van der Waals surface area contributed by atoms with Gasteiger partial charge in [0.1, 0.15) is 4.83 Å². The first-order valence-electron chi connectivity index (χ1n) is 4.91. The van der Waals surface area contributed by atoms with Crippen LogP contribution in [0.4, 0.5) is 0 Å². The van der Waals surface area contributed by atoms with E-state index in [1.54, 1.807) is 0 Å². The molecule has 0 heterocycles. The SMILES string of the molecule is CC(C)(C)NC(=O)[C@H](Br)c1ccccc1. The van der Waals surface area contributed by atoms with E-state index in [2.05, 4.69) is 21.2 Å². The van der Waals surface area contributed by atoms with Crippen LogP contribution in [0.5, 0.6) is 0 Å². The van der Waals surface area contributed by atoms with E-state index in [1.807, 2.05) is 51.1 Å². The summed E-state index contributed by atoms with van der Waals surface area (Å²) in [6.07, 6.45) is 0. The molecule has 0 saturated carbocycles. The average Bonchev–Trinajstić information content (AvgIpc) is 2.15. The van der Waals surface area contributed by atoms with Crippen LogP contribution in [0.25, 0.3) is 0 Å². The molecule has 0 aliphatic rings. The molecule has 0 spiro atoms. The van der Waals surface area contributed by atoms with Crippen LogP contribution < -0.4 is 5.32 Å². The van der Waals surface area contributed by atoms with Gasteiger partial charge in [0.15, 0.2) is 0 Å². The molecular formula is C12H16BrNO. The normalized spacial score (nSPS) is 13.3. The Hall–Kier alpha value is -0.830. The summed E-state index contributed by atoms with van der Waals surface area (Å²) < 4.78 is 0. The van der Waals surface area contributed by atoms with E-state index in [4.69, 9.17) is 0 Å². The second-order valence-corrected chi connectivity index (χ2v) is 5.43. The fourth-order valence-corrected chi connectivity index (χ4v) is 1.63. The summed E-state index contributed by atoms with van der Waals surface area (Å²) >= 11 is 3.39. The fourth-order valence-electron chi connectivity index (χ4n) is 1.21. The van der Waals surface area contributed by atoms with E-state index in [1.165, 1.54) is 0 Å². The molecule has 0 unspecified atom stereocenters. The number of carbonyl (C=O) groups excluding carboxylic acids is 1. The third-order valence-corrected chi connectivity index (χ3v) is 2.77. The fraction of sp³-hybridized carbons (Fsp3) is 0.417. The minimum Gasteiger partial charge on any atom is -0.350 e. The van der Waals surface area contributed by atoms with Crippen molar-refractivity contribution in [2.24, 2.45) is 0 Å². The number of amides is 1. The standard InChI is InChI=1S/C12H16BrNO/c1-12(2,3)14-11(15)10(13)9-7-5-4-6-8-9/h4-8,10H,1-3H3,(H,14,15)/t10-/m1/s1. The lowest BCUT2D eigenvalue weighted by atomic mass is 10.1. The topological polar surface area (TPSA) is 29.1 Å². The van der Waals surface area contributed by atoms with Crippen molar-refractivity contribution in [1.82, 2.24) is 5.32 Å². The summed E-state index contributed by atoms with van der Waals surface area (Å²) in [5.74, 6) is -0.00583. The molecule has 0 saturated heterocycles. The molecule has 0 bridgehead atoms. The van der Waals surface area contributed by atoms with Crippen molar-refractivity contribution in [2.75, 3.05) is 0 Å². The zero-order valence-electron chi connectivity index (χ0n) is 9.25. The quantitative estimate of drug-likeness (QED) is 0.822. The van der Waals surface area contributed by atoms with Gasteiger partial charge in [-0.05, 0) is 26.3 Å². The predicted molar refractivity (Wildman–Crippen MR) is 66.0 cm³/mol. The zero-order chi connectivity index (χ0) is 11.5. The Morgan fingerprint density at radius 1 is 1.27 bits per heavy atom. The third kappa shape index (κ3) is 4.04. The summed E-state index contributed by atoms with van der Waals surface area (Å²) in [5.41, 5.74) is 0.775. The van der Waals surface area contributed by atoms with Gasteiger partial charge in [-0.1, -0.05) is 46.3 Å². The molecule has 1 aromatic carbocycles. The lowest BCUT2D eigenvalue weighted by Gasteiger charge is -2.22.